The zero-order chi connectivity index (χ0) is 18.9. The highest BCUT2D eigenvalue weighted by atomic mass is 16.3. The zero-order valence-corrected chi connectivity index (χ0v) is 16.4. The van der Waals surface area contributed by atoms with Crippen LogP contribution < -0.4 is 4.90 Å². The molecule has 5 heteroatoms. The summed E-state index contributed by atoms with van der Waals surface area (Å²) in [6, 6.07) is 14.5. The van der Waals surface area contributed by atoms with Crippen LogP contribution in [-0.4, -0.2) is 41.0 Å². The summed E-state index contributed by atoms with van der Waals surface area (Å²) in [5, 5.41) is 0. The van der Waals surface area contributed by atoms with E-state index in [0.29, 0.717) is 0 Å². The molecule has 5 rings (SSSR count). The van der Waals surface area contributed by atoms with E-state index in [0.717, 1.165) is 74.3 Å². The van der Waals surface area contributed by atoms with Crippen LogP contribution in [0.5, 0.6) is 0 Å². The van der Waals surface area contributed by atoms with Gasteiger partial charge in [-0.3, -0.25) is 4.90 Å². The van der Waals surface area contributed by atoms with Gasteiger partial charge in [-0.05, 0) is 38.3 Å². The molecule has 0 atom stereocenters. The van der Waals surface area contributed by atoms with Gasteiger partial charge in [-0.25, -0.2) is 9.97 Å². The van der Waals surface area contributed by atoms with Crippen molar-refractivity contribution in [1.82, 2.24) is 14.9 Å². The molecular formula is C23H26N4O. The molecule has 0 unspecified atom stereocenters. The van der Waals surface area contributed by atoms with Gasteiger partial charge in [0.05, 0.1) is 6.54 Å². The molecular weight excluding hydrogens is 348 g/mol. The quantitative estimate of drug-likeness (QED) is 0.694. The van der Waals surface area contributed by atoms with Crippen molar-refractivity contribution in [2.24, 2.45) is 0 Å². The van der Waals surface area contributed by atoms with Crippen molar-refractivity contribution < 1.29 is 4.42 Å². The minimum absolute atomic E-state index is 0.866. The number of fused-ring (bicyclic) bond motifs is 1. The van der Waals surface area contributed by atoms with Crippen LogP contribution in [0.2, 0.25) is 0 Å². The number of aromatic nitrogens is 2. The molecule has 2 aliphatic rings. The van der Waals surface area contributed by atoms with E-state index in [1.165, 1.54) is 17.7 Å². The maximum Gasteiger partial charge on any atom is 0.161 e. The minimum atomic E-state index is 0.866. The Labute approximate surface area is 166 Å². The summed E-state index contributed by atoms with van der Waals surface area (Å²) in [6.45, 7) is 6.94. The second kappa shape index (κ2) is 7.40. The van der Waals surface area contributed by atoms with Crippen molar-refractivity contribution in [3.63, 3.8) is 0 Å². The first-order valence-corrected chi connectivity index (χ1v) is 10.2. The van der Waals surface area contributed by atoms with Crippen LogP contribution >= 0.6 is 0 Å². The summed E-state index contributed by atoms with van der Waals surface area (Å²) in [4.78, 5) is 14.8. The molecule has 0 spiro atoms. The fraction of sp³-hybridized carbons (Fsp3) is 0.391. The summed E-state index contributed by atoms with van der Waals surface area (Å²) in [7, 11) is 0. The fourth-order valence-corrected chi connectivity index (χ4v) is 4.30. The monoisotopic (exact) mass is 374 g/mol. The van der Waals surface area contributed by atoms with Crippen LogP contribution in [0.4, 0.5) is 5.82 Å². The fourth-order valence-electron chi connectivity index (χ4n) is 4.30. The molecule has 5 nitrogen and oxygen atoms in total. The number of anilines is 1. The molecule has 0 saturated carbocycles. The number of furan rings is 1. The topological polar surface area (TPSA) is 45.4 Å². The van der Waals surface area contributed by atoms with Crippen LogP contribution in [0.1, 0.15) is 29.2 Å². The lowest BCUT2D eigenvalue weighted by atomic mass is 10.1. The van der Waals surface area contributed by atoms with E-state index in [1.54, 1.807) is 0 Å². The highest BCUT2D eigenvalue weighted by molar-refractivity contribution is 5.61. The van der Waals surface area contributed by atoms with E-state index < -0.39 is 0 Å². The number of piperazine rings is 1. The van der Waals surface area contributed by atoms with Crippen LogP contribution in [0.15, 0.2) is 46.9 Å². The zero-order valence-electron chi connectivity index (χ0n) is 16.4. The van der Waals surface area contributed by atoms with E-state index in [1.807, 2.05) is 19.1 Å². The summed E-state index contributed by atoms with van der Waals surface area (Å²) in [5.74, 6) is 4.07. The first-order valence-electron chi connectivity index (χ1n) is 10.2. The molecule has 1 aromatic carbocycles. The number of hydrogen-bond donors (Lipinski definition) is 0. The van der Waals surface area contributed by atoms with Crippen LogP contribution in [0.25, 0.3) is 11.4 Å². The van der Waals surface area contributed by atoms with E-state index in [4.69, 9.17) is 14.4 Å². The third-order valence-corrected chi connectivity index (χ3v) is 5.79. The lowest BCUT2D eigenvalue weighted by Crippen LogP contribution is -2.46. The number of benzene rings is 1. The molecule has 1 aliphatic carbocycles. The standard InChI is InChI=1S/C23H26N4O/c1-17-10-11-19(28-17)16-26-12-14-27(15-13-26)23-20-8-5-9-21(20)24-22(25-23)18-6-3-2-4-7-18/h2-4,6-7,10-11H,5,8-9,12-16H2,1H3. The molecule has 28 heavy (non-hydrogen) atoms. The van der Waals surface area contributed by atoms with Gasteiger partial charge in [0.1, 0.15) is 17.3 Å². The molecule has 1 fully saturated rings. The van der Waals surface area contributed by atoms with E-state index in [9.17, 15) is 0 Å². The predicted octanol–water partition coefficient (Wildman–Crippen LogP) is 3.86. The van der Waals surface area contributed by atoms with Gasteiger partial charge in [-0.15, -0.1) is 0 Å². The SMILES string of the molecule is Cc1ccc(CN2CCN(c3nc(-c4ccccc4)nc4c3CCC4)CC2)o1. The molecule has 0 bridgehead atoms. The summed E-state index contributed by atoms with van der Waals surface area (Å²) >= 11 is 0. The number of hydrogen-bond acceptors (Lipinski definition) is 5. The largest absolute Gasteiger partial charge is 0.465 e. The van der Waals surface area contributed by atoms with Gasteiger partial charge in [0, 0.05) is 43.0 Å². The number of rotatable bonds is 4. The van der Waals surface area contributed by atoms with Gasteiger partial charge in [0.25, 0.3) is 0 Å². The average Bonchev–Trinajstić information content (AvgIpc) is 3.37. The molecule has 1 saturated heterocycles. The predicted molar refractivity (Wildman–Crippen MR) is 110 cm³/mol. The molecule has 2 aromatic heterocycles. The van der Waals surface area contributed by atoms with Crippen LogP contribution in [0.3, 0.4) is 0 Å². The van der Waals surface area contributed by atoms with Gasteiger partial charge >= 0.3 is 0 Å². The molecule has 0 N–H and O–H groups in total. The molecule has 3 heterocycles. The first kappa shape index (κ1) is 17.4. The van der Waals surface area contributed by atoms with Gasteiger partial charge in [0.15, 0.2) is 5.82 Å². The van der Waals surface area contributed by atoms with Crippen molar-refractivity contribution in [2.75, 3.05) is 31.1 Å². The maximum atomic E-state index is 5.75. The molecule has 1 aliphatic heterocycles. The Bertz CT molecular complexity index is 958. The van der Waals surface area contributed by atoms with Crippen LogP contribution in [0, 0.1) is 6.92 Å². The Hall–Kier alpha value is -2.66. The van der Waals surface area contributed by atoms with Gasteiger partial charge in [-0.2, -0.15) is 0 Å². The lowest BCUT2D eigenvalue weighted by Gasteiger charge is -2.36. The summed E-state index contributed by atoms with van der Waals surface area (Å²) in [5.41, 5.74) is 3.72. The molecule has 3 aromatic rings. The lowest BCUT2D eigenvalue weighted by molar-refractivity contribution is 0.228. The Kier molecular flexibility index (Phi) is 4.61. The number of aryl methyl sites for hydroxylation is 2. The molecule has 144 valence electrons. The van der Waals surface area contributed by atoms with Crippen LogP contribution in [-0.2, 0) is 19.4 Å². The van der Waals surface area contributed by atoms with Crippen molar-refractivity contribution >= 4 is 5.82 Å². The summed E-state index contributed by atoms with van der Waals surface area (Å²) < 4.78 is 5.75. The van der Waals surface area contributed by atoms with Crippen molar-refractivity contribution in [3.8, 4) is 11.4 Å². The Morgan fingerprint density at radius 3 is 2.50 bits per heavy atom. The Morgan fingerprint density at radius 2 is 1.75 bits per heavy atom. The third-order valence-electron chi connectivity index (χ3n) is 5.79. The normalized spacial score (nSPS) is 17.1. The summed E-state index contributed by atoms with van der Waals surface area (Å²) in [6.07, 6.45) is 3.36. The average molecular weight is 374 g/mol. The smallest absolute Gasteiger partial charge is 0.161 e. The van der Waals surface area contributed by atoms with E-state index in [-0.39, 0.29) is 0 Å². The molecule has 0 radical (unpaired) electrons. The second-order valence-corrected chi connectivity index (χ2v) is 7.79. The Morgan fingerprint density at radius 1 is 0.929 bits per heavy atom. The number of nitrogens with zero attached hydrogens (tertiary/aromatic N) is 4. The minimum Gasteiger partial charge on any atom is -0.465 e. The highest BCUT2D eigenvalue weighted by Gasteiger charge is 2.26. The maximum absolute atomic E-state index is 5.75. The van der Waals surface area contributed by atoms with E-state index in [2.05, 4.69) is 40.1 Å². The Balaban J connectivity index is 1.36. The first-order chi connectivity index (χ1) is 13.8. The van der Waals surface area contributed by atoms with Crippen molar-refractivity contribution in [3.05, 3.63) is 65.2 Å². The van der Waals surface area contributed by atoms with Gasteiger partial charge in [-0.1, -0.05) is 30.3 Å². The van der Waals surface area contributed by atoms with Crippen molar-refractivity contribution in [2.45, 2.75) is 32.7 Å². The van der Waals surface area contributed by atoms with Gasteiger partial charge < -0.3 is 9.32 Å². The second-order valence-electron chi connectivity index (χ2n) is 7.79. The van der Waals surface area contributed by atoms with E-state index >= 15 is 0 Å². The highest BCUT2D eigenvalue weighted by Crippen LogP contribution is 2.32. The third kappa shape index (κ3) is 3.42. The van der Waals surface area contributed by atoms with Crippen molar-refractivity contribution in [1.29, 1.82) is 0 Å². The van der Waals surface area contributed by atoms with Gasteiger partial charge in [0.2, 0.25) is 0 Å². The molecule has 0 amide bonds.